The summed E-state index contributed by atoms with van der Waals surface area (Å²) in [6.07, 6.45) is 1.76. The topological polar surface area (TPSA) is 29.4 Å². The minimum atomic E-state index is -0.0550. The summed E-state index contributed by atoms with van der Waals surface area (Å²) in [5, 5.41) is 0. The summed E-state index contributed by atoms with van der Waals surface area (Å²) in [6.45, 7) is 0. The second kappa shape index (κ2) is 9.84. The molecule has 0 unspecified atom stereocenters. The van der Waals surface area contributed by atoms with Crippen LogP contribution >= 0.6 is 15.9 Å². The Labute approximate surface area is 190 Å². The van der Waals surface area contributed by atoms with Crippen LogP contribution in [0.4, 0.5) is 5.69 Å². The smallest absolute Gasteiger partial charge is 0.195 e. The van der Waals surface area contributed by atoms with Crippen LogP contribution in [0.2, 0.25) is 0 Å². The van der Waals surface area contributed by atoms with Gasteiger partial charge in [0.25, 0.3) is 0 Å². The molecule has 4 aromatic carbocycles. The van der Waals surface area contributed by atoms with Gasteiger partial charge in [0, 0.05) is 32.9 Å². The van der Waals surface area contributed by atoms with Gasteiger partial charge in [-0.1, -0.05) is 88.4 Å². The Bertz CT molecular complexity index is 1280. The standard InChI is InChI=1S/C28H18BrNO/c29-25-17-18-27(26(19-25)28(31)24-9-5-2-6-10-24)30-20-23-15-13-22(14-16-23)12-11-21-7-3-1-4-8-21/h1-10,13-20H. The fraction of sp³-hybridized carbons (Fsp3) is 0. The summed E-state index contributed by atoms with van der Waals surface area (Å²) < 4.78 is 0.840. The van der Waals surface area contributed by atoms with Crippen LogP contribution in [-0.4, -0.2) is 12.0 Å². The lowest BCUT2D eigenvalue weighted by molar-refractivity contribution is 0.103. The predicted molar refractivity (Wildman–Crippen MR) is 130 cm³/mol. The van der Waals surface area contributed by atoms with Crippen molar-refractivity contribution in [2.24, 2.45) is 4.99 Å². The van der Waals surface area contributed by atoms with Gasteiger partial charge in [0.2, 0.25) is 0 Å². The molecular weight excluding hydrogens is 446 g/mol. The van der Waals surface area contributed by atoms with Gasteiger partial charge in [-0.3, -0.25) is 9.79 Å². The van der Waals surface area contributed by atoms with E-state index in [1.807, 2.05) is 103 Å². The first-order valence-electron chi connectivity index (χ1n) is 9.79. The van der Waals surface area contributed by atoms with Crippen LogP contribution in [-0.2, 0) is 0 Å². The van der Waals surface area contributed by atoms with Crippen molar-refractivity contribution < 1.29 is 4.79 Å². The largest absolute Gasteiger partial charge is 0.289 e. The minimum absolute atomic E-state index is 0.0550. The molecule has 0 radical (unpaired) electrons. The Morgan fingerprint density at radius 3 is 2.03 bits per heavy atom. The first-order chi connectivity index (χ1) is 15.2. The lowest BCUT2D eigenvalue weighted by Gasteiger charge is -2.06. The number of rotatable bonds is 4. The molecule has 0 atom stereocenters. The van der Waals surface area contributed by atoms with E-state index in [4.69, 9.17) is 0 Å². The van der Waals surface area contributed by atoms with Gasteiger partial charge in [-0.15, -0.1) is 0 Å². The molecule has 0 saturated carbocycles. The van der Waals surface area contributed by atoms with Gasteiger partial charge in [-0.2, -0.15) is 0 Å². The van der Waals surface area contributed by atoms with E-state index in [2.05, 4.69) is 32.8 Å². The number of carbonyl (C=O) groups excluding carboxylic acids is 1. The first-order valence-corrected chi connectivity index (χ1v) is 10.6. The molecule has 4 rings (SSSR count). The molecule has 0 fully saturated rings. The number of halogens is 1. The van der Waals surface area contributed by atoms with Crippen LogP contribution in [0.15, 0.2) is 113 Å². The molecule has 0 bridgehead atoms. The highest BCUT2D eigenvalue weighted by molar-refractivity contribution is 9.10. The first kappa shape index (κ1) is 20.5. The van der Waals surface area contributed by atoms with E-state index in [0.29, 0.717) is 16.8 Å². The highest BCUT2D eigenvalue weighted by Crippen LogP contribution is 2.26. The number of benzene rings is 4. The third-order valence-corrected chi connectivity index (χ3v) is 5.12. The van der Waals surface area contributed by atoms with E-state index in [0.717, 1.165) is 21.2 Å². The zero-order valence-corrected chi connectivity index (χ0v) is 18.2. The summed E-state index contributed by atoms with van der Waals surface area (Å²) in [6, 6.07) is 32.5. The SMILES string of the molecule is O=C(c1ccccc1)c1cc(Br)ccc1N=Cc1ccc(C#Cc2ccccc2)cc1. The second-order valence-electron chi connectivity index (χ2n) is 6.85. The summed E-state index contributed by atoms with van der Waals surface area (Å²) in [7, 11) is 0. The van der Waals surface area contributed by atoms with E-state index in [1.165, 1.54) is 0 Å². The lowest BCUT2D eigenvalue weighted by Crippen LogP contribution is -2.01. The molecule has 3 heteroatoms. The Balaban J connectivity index is 1.55. The van der Waals surface area contributed by atoms with Crippen LogP contribution in [0, 0.1) is 11.8 Å². The Kier molecular flexibility index (Phi) is 6.52. The monoisotopic (exact) mass is 463 g/mol. The third-order valence-electron chi connectivity index (χ3n) is 4.63. The van der Waals surface area contributed by atoms with Gasteiger partial charge < -0.3 is 0 Å². The molecule has 0 heterocycles. The fourth-order valence-corrected chi connectivity index (χ4v) is 3.37. The molecule has 4 aromatic rings. The van der Waals surface area contributed by atoms with E-state index in [-0.39, 0.29) is 5.78 Å². The normalized spacial score (nSPS) is 10.5. The van der Waals surface area contributed by atoms with Crippen molar-refractivity contribution >= 4 is 33.6 Å². The predicted octanol–water partition coefficient (Wildman–Crippen LogP) is 6.83. The Morgan fingerprint density at radius 2 is 1.35 bits per heavy atom. The van der Waals surface area contributed by atoms with Crippen molar-refractivity contribution in [2.45, 2.75) is 0 Å². The van der Waals surface area contributed by atoms with Crippen molar-refractivity contribution in [3.05, 3.63) is 135 Å². The molecule has 2 nitrogen and oxygen atoms in total. The van der Waals surface area contributed by atoms with Crippen LogP contribution in [0.1, 0.15) is 32.6 Å². The van der Waals surface area contributed by atoms with Gasteiger partial charge in [0.1, 0.15) is 0 Å². The van der Waals surface area contributed by atoms with Crippen molar-refractivity contribution in [3.63, 3.8) is 0 Å². The van der Waals surface area contributed by atoms with Crippen LogP contribution in [0.3, 0.4) is 0 Å². The van der Waals surface area contributed by atoms with Gasteiger partial charge in [-0.05, 0) is 48.0 Å². The Morgan fingerprint density at radius 1 is 0.742 bits per heavy atom. The highest BCUT2D eigenvalue weighted by atomic mass is 79.9. The van der Waals surface area contributed by atoms with Crippen molar-refractivity contribution in [2.75, 3.05) is 0 Å². The maximum atomic E-state index is 13.0. The second-order valence-corrected chi connectivity index (χ2v) is 7.77. The van der Waals surface area contributed by atoms with Gasteiger partial charge in [0.05, 0.1) is 5.69 Å². The van der Waals surface area contributed by atoms with Gasteiger partial charge >= 0.3 is 0 Å². The maximum absolute atomic E-state index is 13.0. The molecule has 148 valence electrons. The number of aliphatic imine (C=N–C) groups is 1. The van der Waals surface area contributed by atoms with E-state index in [9.17, 15) is 4.79 Å². The van der Waals surface area contributed by atoms with Gasteiger partial charge in [0.15, 0.2) is 5.78 Å². The van der Waals surface area contributed by atoms with Crippen molar-refractivity contribution in [3.8, 4) is 11.8 Å². The molecule has 0 saturated heterocycles. The zero-order valence-electron chi connectivity index (χ0n) is 16.6. The Hall–Kier alpha value is -3.74. The number of ketones is 1. The van der Waals surface area contributed by atoms with Crippen molar-refractivity contribution in [1.29, 1.82) is 0 Å². The number of hydrogen-bond donors (Lipinski definition) is 0. The maximum Gasteiger partial charge on any atom is 0.195 e. The fourth-order valence-electron chi connectivity index (χ4n) is 3.01. The highest BCUT2D eigenvalue weighted by Gasteiger charge is 2.13. The van der Waals surface area contributed by atoms with Crippen molar-refractivity contribution in [1.82, 2.24) is 0 Å². The quantitative estimate of drug-likeness (QED) is 0.185. The van der Waals surface area contributed by atoms with Crippen LogP contribution in [0.25, 0.3) is 0 Å². The molecule has 0 N–H and O–H groups in total. The molecule has 0 aliphatic rings. The average Bonchev–Trinajstić information content (AvgIpc) is 2.83. The number of hydrogen-bond acceptors (Lipinski definition) is 2. The molecular formula is C28H18BrNO. The lowest BCUT2D eigenvalue weighted by atomic mass is 10.0. The van der Waals surface area contributed by atoms with Gasteiger partial charge in [-0.25, -0.2) is 0 Å². The zero-order chi connectivity index (χ0) is 21.5. The average molecular weight is 464 g/mol. The molecule has 0 aromatic heterocycles. The van der Waals surface area contributed by atoms with E-state index in [1.54, 1.807) is 6.21 Å². The van der Waals surface area contributed by atoms with Crippen LogP contribution in [0.5, 0.6) is 0 Å². The molecule has 31 heavy (non-hydrogen) atoms. The van der Waals surface area contributed by atoms with Crippen LogP contribution < -0.4 is 0 Å². The molecule has 0 aliphatic heterocycles. The minimum Gasteiger partial charge on any atom is -0.289 e. The van der Waals surface area contributed by atoms with E-state index >= 15 is 0 Å². The summed E-state index contributed by atoms with van der Waals surface area (Å²) >= 11 is 3.46. The summed E-state index contributed by atoms with van der Waals surface area (Å²) in [5.74, 6) is 6.26. The number of carbonyl (C=O) groups is 1. The van der Waals surface area contributed by atoms with E-state index < -0.39 is 0 Å². The number of nitrogens with zero attached hydrogens (tertiary/aromatic N) is 1. The molecule has 0 aliphatic carbocycles. The summed E-state index contributed by atoms with van der Waals surface area (Å²) in [4.78, 5) is 17.5. The third kappa shape index (κ3) is 5.45. The molecule has 0 amide bonds. The molecule has 0 spiro atoms. The summed E-state index contributed by atoms with van der Waals surface area (Å²) in [5.41, 5.74) is 4.68.